The van der Waals surface area contributed by atoms with Gasteiger partial charge in [-0.05, 0) is 43.0 Å². The van der Waals surface area contributed by atoms with Crippen LogP contribution in [-0.4, -0.2) is 25.7 Å². The molecule has 1 unspecified atom stereocenters. The van der Waals surface area contributed by atoms with Crippen LogP contribution >= 0.6 is 15.9 Å². The number of hydrogen-bond donors (Lipinski definition) is 1. The Morgan fingerprint density at radius 1 is 1.32 bits per heavy atom. The molecule has 0 aliphatic carbocycles. The van der Waals surface area contributed by atoms with Gasteiger partial charge in [-0.2, -0.15) is 0 Å². The molecule has 0 aromatic heterocycles. The molecule has 1 N–H and O–H groups in total. The minimum absolute atomic E-state index is 0.294. The lowest BCUT2D eigenvalue weighted by atomic mass is 9.86. The summed E-state index contributed by atoms with van der Waals surface area (Å²) >= 11 is 3.64. The molecule has 1 aromatic carbocycles. The van der Waals surface area contributed by atoms with E-state index in [0.717, 1.165) is 19.6 Å². The Labute approximate surface area is 125 Å². The fourth-order valence-electron chi connectivity index (χ4n) is 2.66. The van der Waals surface area contributed by atoms with Crippen molar-refractivity contribution in [2.45, 2.75) is 40.2 Å². The number of halogens is 1. The van der Waals surface area contributed by atoms with Gasteiger partial charge in [0.2, 0.25) is 0 Å². The molecule has 1 atom stereocenters. The van der Waals surface area contributed by atoms with Crippen LogP contribution in [-0.2, 0) is 0 Å². The van der Waals surface area contributed by atoms with Gasteiger partial charge in [-0.1, -0.05) is 42.8 Å². The van der Waals surface area contributed by atoms with Crippen molar-refractivity contribution in [2.24, 2.45) is 5.41 Å². The molecule has 0 bridgehead atoms. The Morgan fingerprint density at radius 2 is 2.05 bits per heavy atom. The Hall–Kier alpha value is -0.540. The number of hydrogen-bond acceptors (Lipinski definition) is 2. The number of nitrogens with zero attached hydrogens (tertiary/aromatic N) is 1. The summed E-state index contributed by atoms with van der Waals surface area (Å²) in [5, 5.41) is 3.70. The molecule has 1 fully saturated rings. The van der Waals surface area contributed by atoms with E-state index in [1.54, 1.807) is 0 Å². The zero-order chi connectivity index (χ0) is 14.0. The van der Waals surface area contributed by atoms with E-state index in [9.17, 15) is 0 Å². The zero-order valence-electron chi connectivity index (χ0n) is 12.5. The highest BCUT2D eigenvalue weighted by atomic mass is 79.9. The van der Waals surface area contributed by atoms with Crippen LogP contribution in [0.4, 0.5) is 5.69 Å². The topological polar surface area (TPSA) is 15.3 Å². The maximum absolute atomic E-state index is 3.70. The van der Waals surface area contributed by atoms with E-state index in [0.29, 0.717) is 11.5 Å². The average molecular weight is 325 g/mol. The van der Waals surface area contributed by atoms with Gasteiger partial charge >= 0.3 is 0 Å². The predicted molar refractivity (Wildman–Crippen MR) is 87.0 cm³/mol. The van der Waals surface area contributed by atoms with Gasteiger partial charge in [0.15, 0.2) is 0 Å². The monoisotopic (exact) mass is 324 g/mol. The van der Waals surface area contributed by atoms with Gasteiger partial charge in [0.05, 0.1) is 0 Å². The summed E-state index contributed by atoms with van der Waals surface area (Å²) in [6.45, 7) is 12.5. The Morgan fingerprint density at radius 3 is 2.74 bits per heavy atom. The summed E-state index contributed by atoms with van der Waals surface area (Å²) in [7, 11) is 0. The highest BCUT2D eigenvalue weighted by Crippen LogP contribution is 2.30. The van der Waals surface area contributed by atoms with Gasteiger partial charge in [0.25, 0.3) is 0 Å². The fourth-order valence-corrected chi connectivity index (χ4v) is 3.02. The second kappa shape index (κ2) is 5.84. The molecular weight excluding hydrogens is 300 g/mol. The number of nitrogens with one attached hydrogen (secondary N) is 1. The number of rotatable bonds is 1. The fraction of sp³-hybridized carbons (Fsp3) is 0.625. The molecule has 106 valence electrons. The lowest BCUT2D eigenvalue weighted by Crippen LogP contribution is -2.46. The third kappa shape index (κ3) is 3.51. The molecule has 0 radical (unpaired) electrons. The van der Waals surface area contributed by atoms with E-state index < -0.39 is 0 Å². The van der Waals surface area contributed by atoms with E-state index in [1.807, 2.05) is 0 Å². The largest absolute Gasteiger partial charge is 0.370 e. The van der Waals surface area contributed by atoms with Gasteiger partial charge in [0, 0.05) is 29.3 Å². The Balaban J connectivity index is 2.25. The van der Waals surface area contributed by atoms with Crippen LogP contribution in [0, 0.1) is 12.3 Å². The Kier molecular flexibility index (Phi) is 4.57. The summed E-state index contributed by atoms with van der Waals surface area (Å²) < 4.78 is 1.20. The standard InChI is InChI=1S/C16H25BrN2/c1-12-13(17)7-5-8-14(12)19-10-6-9-18-15(11-19)16(2,3)4/h5,7-8,15,18H,6,9-11H2,1-4H3. The molecule has 1 heterocycles. The van der Waals surface area contributed by atoms with Crippen molar-refractivity contribution in [3.63, 3.8) is 0 Å². The van der Waals surface area contributed by atoms with Crippen LogP contribution < -0.4 is 10.2 Å². The van der Waals surface area contributed by atoms with E-state index in [-0.39, 0.29) is 0 Å². The average Bonchev–Trinajstić information content (AvgIpc) is 2.58. The first-order valence-electron chi connectivity index (χ1n) is 7.13. The molecule has 0 spiro atoms. The molecule has 0 saturated carbocycles. The molecule has 0 amide bonds. The van der Waals surface area contributed by atoms with Crippen molar-refractivity contribution < 1.29 is 0 Å². The molecule has 19 heavy (non-hydrogen) atoms. The molecule has 2 rings (SSSR count). The van der Waals surface area contributed by atoms with Crippen molar-refractivity contribution >= 4 is 21.6 Å². The minimum atomic E-state index is 0.294. The van der Waals surface area contributed by atoms with Crippen LogP contribution in [0.1, 0.15) is 32.8 Å². The highest BCUT2D eigenvalue weighted by Gasteiger charge is 2.28. The smallest absolute Gasteiger partial charge is 0.0407 e. The van der Waals surface area contributed by atoms with Gasteiger partial charge in [-0.3, -0.25) is 0 Å². The minimum Gasteiger partial charge on any atom is -0.370 e. The second-order valence-corrected chi connectivity index (χ2v) is 7.41. The van der Waals surface area contributed by atoms with Crippen molar-refractivity contribution in [1.29, 1.82) is 0 Å². The maximum Gasteiger partial charge on any atom is 0.0407 e. The van der Waals surface area contributed by atoms with E-state index in [1.165, 1.54) is 22.1 Å². The molecule has 1 aliphatic heterocycles. The molecular formula is C16H25BrN2. The first-order chi connectivity index (χ1) is 8.89. The first-order valence-corrected chi connectivity index (χ1v) is 7.92. The lowest BCUT2D eigenvalue weighted by Gasteiger charge is -2.35. The van der Waals surface area contributed by atoms with Gasteiger partial charge in [0.1, 0.15) is 0 Å². The summed E-state index contributed by atoms with van der Waals surface area (Å²) in [5.74, 6) is 0. The van der Waals surface area contributed by atoms with Crippen molar-refractivity contribution in [1.82, 2.24) is 5.32 Å². The first kappa shape index (κ1) is 14.9. The van der Waals surface area contributed by atoms with E-state index >= 15 is 0 Å². The highest BCUT2D eigenvalue weighted by molar-refractivity contribution is 9.10. The third-order valence-electron chi connectivity index (χ3n) is 4.02. The van der Waals surface area contributed by atoms with Crippen molar-refractivity contribution in [2.75, 3.05) is 24.5 Å². The van der Waals surface area contributed by atoms with Crippen LogP contribution in [0.25, 0.3) is 0 Å². The SMILES string of the molecule is Cc1c(Br)cccc1N1CCCNC(C(C)(C)C)C1. The zero-order valence-corrected chi connectivity index (χ0v) is 14.0. The number of anilines is 1. The quantitative estimate of drug-likeness (QED) is 0.840. The maximum atomic E-state index is 3.70. The van der Waals surface area contributed by atoms with Crippen molar-refractivity contribution in [3.8, 4) is 0 Å². The summed E-state index contributed by atoms with van der Waals surface area (Å²) in [5.41, 5.74) is 3.01. The van der Waals surface area contributed by atoms with Crippen LogP contribution in [0.2, 0.25) is 0 Å². The second-order valence-electron chi connectivity index (χ2n) is 6.56. The van der Waals surface area contributed by atoms with E-state index in [4.69, 9.17) is 0 Å². The summed E-state index contributed by atoms with van der Waals surface area (Å²) in [6, 6.07) is 7.03. The van der Waals surface area contributed by atoms with Gasteiger partial charge in [-0.25, -0.2) is 0 Å². The normalized spacial score (nSPS) is 21.3. The molecule has 1 saturated heterocycles. The van der Waals surface area contributed by atoms with Crippen LogP contribution in [0.5, 0.6) is 0 Å². The van der Waals surface area contributed by atoms with Crippen LogP contribution in [0.15, 0.2) is 22.7 Å². The summed E-state index contributed by atoms with van der Waals surface area (Å²) in [4.78, 5) is 2.54. The Bertz CT molecular complexity index is 437. The molecule has 1 aromatic rings. The number of benzene rings is 1. The summed E-state index contributed by atoms with van der Waals surface area (Å²) in [6.07, 6.45) is 1.21. The molecule has 2 nitrogen and oxygen atoms in total. The lowest BCUT2D eigenvalue weighted by molar-refractivity contribution is 0.280. The van der Waals surface area contributed by atoms with Gasteiger partial charge < -0.3 is 10.2 Å². The van der Waals surface area contributed by atoms with Crippen LogP contribution in [0.3, 0.4) is 0 Å². The third-order valence-corrected chi connectivity index (χ3v) is 4.88. The van der Waals surface area contributed by atoms with Gasteiger partial charge in [-0.15, -0.1) is 0 Å². The predicted octanol–water partition coefficient (Wildman–Crippen LogP) is 3.97. The molecule has 3 heteroatoms. The van der Waals surface area contributed by atoms with Crippen molar-refractivity contribution in [3.05, 3.63) is 28.2 Å². The molecule has 1 aliphatic rings. The van der Waals surface area contributed by atoms with E-state index in [2.05, 4.69) is 72.0 Å².